The Kier molecular flexibility index (Phi) is 4.66. The maximum Gasteiger partial charge on any atom is 0.261 e. The molecule has 1 amide bonds. The predicted molar refractivity (Wildman–Crippen MR) is 80.1 cm³/mol. The van der Waals surface area contributed by atoms with Crippen LogP contribution in [0.25, 0.3) is 0 Å². The van der Waals surface area contributed by atoms with E-state index in [1.165, 1.54) is 12.3 Å². The number of nitrogens with zero attached hydrogens (tertiary/aromatic N) is 2. The summed E-state index contributed by atoms with van der Waals surface area (Å²) in [6.45, 7) is 1.34. The maximum absolute atomic E-state index is 13.6. The second-order valence-corrected chi connectivity index (χ2v) is 5.49. The van der Waals surface area contributed by atoms with Crippen molar-refractivity contribution in [2.75, 3.05) is 11.9 Å². The summed E-state index contributed by atoms with van der Waals surface area (Å²) in [4.78, 5) is 12.0. The van der Waals surface area contributed by atoms with Gasteiger partial charge in [-0.1, -0.05) is 6.07 Å². The van der Waals surface area contributed by atoms with Crippen LogP contribution < -0.4 is 5.32 Å². The van der Waals surface area contributed by atoms with E-state index in [-0.39, 0.29) is 6.10 Å². The minimum absolute atomic E-state index is 0.108. The van der Waals surface area contributed by atoms with Gasteiger partial charge in [-0.3, -0.25) is 9.48 Å². The highest BCUT2D eigenvalue weighted by Crippen LogP contribution is 2.17. The van der Waals surface area contributed by atoms with Crippen LogP contribution in [0.1, 0.15) is 29.6 Å². The van der Waals surface area contributed by atoms with Gasteiger partial charge in [0.1, 0.15) is 17.2 Å². The van der Waals surface area contributed by atoms with E-state index in [0.717, 1.165) is 38.0 Å². The molecular formula is C16H17F2N3O2. The quantitative estimate of drug-likeness (QED) is 0.942. The first-order valence-corrected chi connectivity index (χ1v) is 7.53. The zero-order chi connectivity index (χ0) is 16.2. The second kappa shape index (κ2) is 6.87. The van der Waals surface area contributed by atoms with Crippen LogP contribution in [0.5, 0.6) is 0 Å². The Morgan fingerprint density at radius 3 is 2.83 bits per heavy atom. The molecule has 1 saturated heterocycles. The molecule has 5 nitrogen and oxygen atoms in total. The summed E-state index contributed by atoms with van der Waals surface area (Å²) >= 11 is 0. The molecule has 1 N–H and O–H groups in total. The number of rotatable bonds is 4. The van der Waals surface area contributed by atoms with Crippen molar-refractivity contribution < 1.29 is 18.3 Å². The third-order valence-corrected chi connectivity index (χ3v) is 3.75. The first-order valence-electron chi connectivity index (χ1n) is 7.53. The number of hydrogen-bond donors (Lipinski definition) is 1. The van der Waals surface area contributed by atoms with Crippen molar-refractivity contribution >= 4 is 11.6 Å². The molecule has 0 bridgehead atoms. The van der Waals surface area contributed by atoms with Gasteiger partial charge in [0.2, 0.25) is 0 Å². The molecule has 2 heterocycles. The van der Waals surface area contributed by atoms with E-state index in [4.69, 9.17) is 4.74 Å². The van der Waals surface area contributed by atoms with Crippen LogP contribution in [-0.4, -0.2) is 28.4 Å². The van der Waals surface area contributed by atoms with Gasteiger partial charge < -0.3 is 10.1 Å². The lowest BCUT2D eigenvalue weighted by atomic mass is 10.1. The second-order valence-electron chi connectivity index (χ2n) is 5.49. The Balaban J connectivity index is 1.65. The SMILES string of the molecule is O=C(Nc1cnn(CC2CCCCO2)c1)c1c(F)cccc1F. The Morgan fingerprint density at radius 2 is 2.13 bits per heavy atom. The molecule has 23 heavy (non-hydrogen) atoms. The molecule has 1 unspecified atom stereocenters. The number of hydrogen-bond acceptors (Lipinski definition) is 3. The van der Waals surface area contributed by atoms with Crippen molar-refractivity contribution in [1.82, 2.24) is 9.78 Å². The highest BCUT2D eigenvalue weighted by atomic mass is 19.1. The van der Waals surface area contributed by atoms with Crippen LogP contribution in [0.2, 0.25) is 0 Å². The largest absolute Gasteiger partial charge is 0.376 e. The topological polar surface area (TPSA) is 56.2 Å². The van der Waals surface area contributed by atoms with Gasteiger partial charge in [0.15, 0.2) is 0 Å². The van der Waals surface area contributed by atoms with E-state index in [0.29, 0.717) is 12.2 Å². The smallest absolute Gasteiger partial charge is 0.261 e. The van der Waals surface area contributed by atoms with E-state index in [1.54, 1.807) is 10.9 Å². The van der Waals surface area contributed by atoms with E-state index in [1.807, 2.05) is 0 Å². The van der Waals surface area contributed by atoms with Gasteiger partial charge in [0, 0.05) is 12.8 Å². The number of carbonyl (C=O) groups is 1. The number of benzene rings is 1. The number of ether oxygens (including phenoxy) is 1. The van der Waals surface area contributed by atoms with Gasteiger partial charge in [0.05, 0.1) is 24.5 Å². The number of nitrogens with one attached hydrogen (secondary N) is 1. The molecular weight excluding hydrogens is 304 g/mol. The third-order valence-electron chi connectivity index (χ3n) is 3.75. The molecule has 0 aliphatic carbocycles. The zero-order valence-corrected chi connectivity index (χ0v) is 12.5. The summed E-state index contributed by atoms with van der Waals surface area (Å²) in [7, 11) is 0. The van der Waals surface area contributed by atoms with Gasteiger partial charge >= 0.3 is 0 Å². The zero-order valence-electron chi connectivity index (χ0n) is 12.5. The lowest BCUT2D eigenvalue weighted by Gasteiger charge is -2.22. The van der Waals surface area contributed by atoms with Crippen molar-refractivity contribution in [3.63, 3.8) is 0 Å². The first-order chi connectivity index (χ1) is 11.1. The summed E-state index contributed by atoms with van der Waals surface area (Å²) < 4.78 is 34.4. The molecule has 0 spiro atoms. The fraction of sp³-hybridized carbons (Fsp3) is 0.375. The summed E-state index contributed by atoms with van der Waals surface area (Å²) in [6.07, 6.45) is 6.35. The predicted octanol–water partition coefficient (Wildman–Crippen LogP) is 2.98. The number of halogens is 2. The maximum atomic E-state index is 13.6. The Morgan fingerprint density at radius 1 is 1.35 bits per heavy atom. The lowest BCUT2D eigenvalue weighted by Crippen LogP contribution is -2.24. The minimum Gasteiger partial charge on any atom is -0.376 e. The standard InChI is InChI=1S/C16H17F2N3O2/c17-13-5-3-6-14(18)15(13)16(22)20-11-8-19-21(9-11)10-12-4-1-2-7-23-12/h3,5-6,8-9,12H,1-2,4,7,10H2,(H,20,22). The average molecular weight is 321 g/mol. The molecule has 2 aromatic rings. The fourth-order valence-corrected chi connectivity index (χ4v) is 2.60. The monoisotopic (exact) mass is 321 g/mol. The van der Waals surface area contributed by atoms with E-state index < -0.39 is 23.1 Å². The molecule has 1 fully saturated rings. The molecule has 1 aromatic heterocycles. The summed E-state index contributed by atoms with van der Waals surface area (Å²) in [6, 6.07) is 3.30. The Hall–Kier alpha value is -2.28. The number of anilines is 1. The van der Waals surface area contributed by atoms with Gasteiger partial charge in [-0.05, 0) is 31.4 Å². The van der Waals surface area contributed by atoms with Crippen LogP contribution in [0, 0.1) is 11.6 Å². The van der Waals surface area contributed by atoms with Crippen molar-refractivity contribution in [2.45, 2.75) is 31.9 Å². The van der Waals surface area contributed by atoms with Crippen LogP contribution in [0.3, 0.4) is 0 Å². The average Bonchev–Trinajstić information content (AvgIpc) is 2.95. The third kappa shape index (κ3) is 3.73. The normalized spacial score (nSPS) is 17.9. The van der Waals surface area contributed by atoms with Crippen LogP contribution in [-0.2, 0) is 11.3 Å². The Bertz CT molecular complexity index is 676. The van der Waals surface area contributed by atoms with Gasteiger partial charge in [0.25, 0.3) is 5.91 Å². The minimum atomic E-state index is -0.898. The van der Waals surface area contributed by atoms with Crippen molar-refractivity contribution in [1.29, 1.82) is 0 Å². The van der Waals surface area contributed by atoms with E-state index >= 15 is 0 Å². The summed E-state index contributed by atoms with van der Waals surface area (Å²) in [5, 5.41) is 6.59. The lowest BCUT2D eigenvalue weighted by molar-refractivity contribution is 0.00401. The van der Waals surface area contributed by atoms with Gasteiger partial charge in [-0.2, -0.15) is 5.10 Å². The van der Waals surface area contributed by atoms with E-state index in [9.17, 15) is 13.6 Å². The Labute approximate surface area is 132 Å². The molecule has 1 aromatic carbocycles. The van der Waals surface area contributed by atoms with Crippen molar-refractivity contribution in [3.8, 4) is 0 Å². The molecule has 1 atom stereocenters. The number of carbonyl (C=O) groups excluding carboxylic acids is 1. The summed E-state index contributed by atoms with van der Waals surface area (Å²) in [5.74, 6) is -2.63. The van der Waals surface area contributed by atoms with Crippen LogP contribution in [0.4, 0.5) is 14.5 Å². The van der Waals surface area contributed by atoms with Crippen LogP contribution in [0.15, 0.2) is 30.6 Å². The van der Waals surface area contributed by atoms with Gasteiger partial charge in [-0.25, -0.2) is 8.78 Å². The van der Waals surface area contributed by atoms with Crippen molar-refractivity contribution in [2.24, 2.45) is 0 Å². The molecule has 122 valence electrons. The molecule has 7 heteroatoms. The van der Waals surface area contributed by atoms with Crippen LogP contribution >= 0.6 is 0 Å². The molecule has 1 aliphatic rings. The fourth-order valence-electron chi connectivity index (χ4n) is 2.60. The number of aromatic nitrogens is 2. The first kappa shape index (κ1) is 15.6. The highest BCUT2D eigenvalue weighted by Gasteiger charge is 2.18. The van der Waals surface area contributed by atoms with Crippen molar-refractivity contribution in [3.05, 3.63) is 47.8 Å². The molecule has 0 radical (unpaired) electrons. The number of amides is 1. The van der Waals surface area contributed by atoms with E-state index in [2.05, 4.69) is 10.4 Å². The molecule has 1 aliphatic heterocycles. The summed E-state index contributed by atoms with van der Waals surface area (Å²) in [5.41, 5.74) is -0.218. The molecule has 3 rings (SSSR count). The molecule has 0 saturated carbocycles. The highest BCUT2D eigenvalue weighted by molar-refractivity contribution is 6.04. The van der Waals surface area contributed by atoms with Gasteiger partial charge in [-0.15, -0.1) is 0 Å².